The Labute approximate surface area is 252 Å². The summed E-state index contributed by atoms with van der Waals surface area (Å²) in [6.45, 7) is 2.37. The summed E-state index contributed by atoms with van der Waals surface area (Å²) in [6, 6.07) is 13.4. The lowest BCUT2D eigenvalue weighted by atomic mass is 9.85. The van der Waals surface area contributed by atoms with Gasteiger partial charge in [-0.1, -0.05) is 17.3 Å². The second kappa shape index (κ2) is 12.8. The Morgan fingerprint density at radius 2 is 1.84 bits per heavy atom. The van der Waals surface area contributed by atoms with Crippen molar-refractivity contribution in [3.05, 3.63) is 99.9 Å². The fraction of sp³-hybridized carbons (Fsp3) is 0.312. The number of nitrogens with one attached hydrogen (secondary N) is 1. The van der Waals surface area contributed by atoms with E-state index in [1.165, 1.54) is 12.3 Å². The van der Waals surface area contributed by atoms with E-state index in [0.717, 1.165) is 28.8 Å². The highest BCUT2D eigenvalue weighted by Gasteiger charge is 2.36. The van der Waals surface area contributed by atoms with E-state index in [9.17, 15) is 18.0 Å². The number of halogens is 3. The summed E-state index contributed by atoms with van der Waals surface area (Å²) >= 11 is 0. The zero-order valence-electron chi connectivity index (χ0n) is 24.5. The van der Waals surface area contributed by atoms with E-state index in [1.807, 2.05) is 24.3 Å². The van der Waals surface area contributed by atoms with Gasteiger partial charge in [-0.3, -0.25) is 0 Å². The summed E-state index contributed by atoms with van der Waals surface area (Å²) < 4.78 is 62.6. The number of rotatable bonds is 9. The molecule has 5 rings (SSSR count). The number of benzene rings is 3. The summed E-state index contributed by atoms with van der Waals surface area (Å²) in [4.78, 5) is 15.2. The number of carbonyl (C=O) groups is 1. The fourth-order valence-electron chi connectivity index (χ4n) is 5.40. The molecule has 4 aromatic rings. The Kier molecular flexibility index (Phi) is 8.88. The Hall–Kier alpha value is -4.87. The quantitative estimate of drug-likeness (QED) is 0.221. The number of urea groups is 1. The summed E-state index contributed by atoms with van der Waals surface area (Å²) in [5.41, 5.74) is 9.83. The van der Waals surface area contributed by atoms with Crippen LogP contribution in [0.1, 0.15) is 45.1 Å². The van der Waals surface area contributed by atoms with Crippen LogP contribution in [0.25, 0.3) is 0 Å². The van der Waals surface area contributed by atoms with Gasteiger partial charge in [0.25, 0.3) is 0 Å². The number of aryl methyl sites for hydroxylation is 1. The number of alkyl halides is 3. The number of nitrogens with two attached hydrogens (primary N) is 1. The minimum absolute atomic E-state index is 0.129. The SMILES string of the molecule is COc1cc(CCOc2cc3c(cc2OC)CCN(C(=O)NCc2ccon2)C3c2ccc(C(F)(F)F)cc2C)ccc1N. The van der Waals surface area contributed by atoms with Crippen molar-refractivity contribution in [3.63, 3.8) is 0 Å². The second-order valence-electron chi connectivity index (χ2n) is 10.4. The lowest BCUT2D eigenvalue weighted by molar-refractivity contribution is -0.137. The van der Waals surface area contributed by atoms with Crippen molar-refractivity contribution in [1.29, 1.82) is 0 Å². The molecule has 0 spiro atoms. The first kappa shape index (κ1) is 30.6. The molecule has 0 bridgehead atoms. The monoisotopic (exact) mass is 610 g/mol. The van der Waals surface area contributed by atoms with E-state index in [2.05, 4.69) is 10.5 Å². The Balaban J connectivity index is 1.48. The number of aromatic nitrogens is 1. The van der Waals surface area contributed by atoms with Crippen LogP contribution >= 0.6 is 0 Å². The first-order valence-corrected chi connectivity index (χ1v) is 14.0. The molecule has 0 aliphatic carbocycles. The number of anilines is 1. The number of methoxy groups -OCH3 is 2. The molecule has 44 heavy (non-hydrogen) atoms. The average Bonchev–Trinajstić information content (AvgIpc) is 3.53. The summed E-state index contributed by atoms with van der Waals surface area (Å²) in [7, 11) is 3.10. The summed E-state index contributed by atoms with van der Waals surface area (Å²) in [5.74, 6) is 1.55. The normalized spacial score (nSPS) is 14.6. The van der Waals surface area contributed by atoms with Gasteiger partial charge in [0.2, 0.25) is 0 Å². The lowest BCUT2D eigenvalue weighted by Gasteiger charge is -2.39. The zero-order valence-corrected chi connectivity index (χ0v) is 24.5. The van der Waals surface area contributed by atoms with Gasteiger partial charge in [-0.15, -0.1) is 0 Å². The Bertz CT molecular complexity index is 1630. The van der Waals surface area contributed by atoms with Crippen LogP contribution < -0.4 is 25.3 Å². The van der Waals surface area contributed by atoms with Gasteiger partial charge in [0, 0.05) is 19.0 Å². The number of nitrogens with zero attached hydrogens (tertiary/aromatic N) is 2. The van der Waals surface area contributed by atoms with Gasteiger partial charge in [0.05, 0.1) is 44.7 Å². The molecule has 1 aliphatic heterocycles. The first-order chi connectivity index (χ1) is 21.1. The lowest BCUT2D eigenvalue weighted by Crippen LogP contribution is -2.46. The van der Waals surface area contributed by atoms with Gasteiger partial charge in [0.1, 0.15) is 17.7 Å². The number of amides is 2. The van der Waals surface area contributed by atoms with Crippen molar-refractivity contribution in [2.45, 2.75) is 38.5 Å². The first-order valence-electron chi connectivity index (χ1n) is 14.0. The molecule has 1 atom stereocenters. The van der Waals surface area contributed by atoms with Gasteiger partial charge in [0.15, 0.2) is 11.5 Å². The van der Waals surface area contributed by atoms with Crippen molar-refractivity contribution in [2.24, 2.45) is 0 Å². The molecule has 2 heterocycles. The topological polar surface area (TPSA) is 112 Å². The minimum atomic E-state index is -4.49. The van der Waals surface area contributed by atoms with Crippen LogP contribution in [0.15, 0.2) is 65.4 Å². The summed E-state index contributed by atoms with van der Waals surface area (Å²) in [5, 5.41) is 6.68. The predicted molar refractivity (Wildman–Crippen MR) is 157 cm³/mol. The van der Waals surface area contributed by atoms with E-state index in [0.29, 0.717) is 65.8 Å². The number of hydrogen-bond acceptors (Lipinski definition) is 7. The number of nitrogen functional groups attached to an aromatic ring is 1. The molecular formula is C32H33F3N4O5. The van der Waals surface area contributed by atoms with Crippen molar-refractivity contribution in [1.82, 2.24) is 15.4 Å². The number of carbonyl (C=O) groups excluding carboxylic acids is 1. The molecule has 3 aromatic carbocycles. The van der Waals surface area contributed by atoms with Gasteiger partial charge < -0.3 is 34.7 Å². The third-order valence-electron chi connectivity index (χ3n) is 7.66. The molecule has 1 unspecified atom stereocenters. The van der Waals surface area contributed by atoms with E-state index in [-0.39, 0.29) is 6.54 Å². The van der Waals surface area contributed by atoms with Crippen LogP contribution in [0.4, 0.5) is 23.7 Å². The van der Waals surface area contributed by atoms with Gasteiger partial charge in [-0.05, 0) is 77.6 Å². The van der Waals surface area contributed by atoms with E-state index in [1.54, 1.807) is 38.2 Å². The molecule has 3 N–H and O–H groups in total. The fourth-order valence-corrected chi connectivity index (χ4v) is 5.40. The molecule has 9 nitrogen and oxygen atoms in total. The van der Waals surface area contributed by atoms with Crippen molar-refractivity contribution in [3.8, 4) is 17.2 Å². The van der Waals surface area contributed by atoms with Gasteiger partial charge >= 0.3 is 12.2 Å². The Morgan fingerprint density at radius 3 is 2.52 bits per heavy atom. The number of fused-ring (bicyclic) bond motifs is 1. The maximum absolute atomic E-state index is 13.5. The molecule has 0 fully saturated rings. The van der Waals surface area contributed by atoms with Gasteiger partial charge in [-0.25, -0.2) is 4.79 Å². The van der Waals surface area contributed by atoms with Gasteiger partial charge in [-0.2, -0.15) is 13.2 Å². The van der Waals surface area contributed by atoms with Crippen LogP contribution in [-0.2, 0) is 25.6 Å². The molecule has 12 heteroatoms. The molecule has 1 aliphatic rings. The largest absolute Gasteiger partial charge is 0.495 e. The smallest absolute Gasteiger partial charge is 0.416 e. The van der Waals surface area contributed by atoms with Crippen molar-refractivity contribution < 1.29 is 36.7 Å². The van der Waals surface area contributed by atoms with E-state index in [4.69, 9.17) is 24.5 Å². The number of hydrogen-bond donors (Lipinski definition) is 2. The van der Waals surface area contributed by atoms with Crippen LogP contribution in [-0.4, -0.2) is 43.5 Å². The Morgan fingerprint density at radius 1 is 1.05 bits per heavy atom. The predicted octanol–water partition coefficient (Wildman–Crippen LogP) is 6.08. The van der Waals surface area contributed by atoms with Crippen LogP contribution in [0.2, 0.25) is 0 Å². The third kappa shape index (κ3) is 6.53. The van der Waals surface area contributed by atoms with Crippen LogP contribution in [0.3, 0.4) is 0 Å². The van der Waals surface area contributed by atoms with E-state index >= 15 is 0 Å². The molecule has 0 radical (unpaired) electrons. The standard InChI is InChI=1S/C32H33F3N4O5/c1-19-14-22(32(33,34)35)5-6-24(19)30-25-17-29(43-12-9-20-4-7-26(36)27(15-20)41-2)28(42-3)16-21(25)8-11-39(30)31(40)37-18-23-10-13-44-38-23/h4-7,10,13-17,30H,8-9,11-12,18,36H2,1-3H3,(H,37,40). The van der Waals surface area contributed by atoms with Crippen LogP contribution in [0, 0.1) is 6.92 Å². The zero-order chi connectivity index (χ0) is 31.4. The minimum Gasteiger partial charge on any atom is -0.495 e. The highest BCUT2D eigenvalue weighted by molar-refractivity contribution is 5.76. The maximum Gasteiger partial charge on any atom is 0.416 e. The van der Waals surface area contributed by atoms with E-state index < -0.39 is 23.8 Å². The van der Waals surface area contributed by atoms with Crippen LogP contribution in [0.5, 0.6) is 17.2 Å². The third-order valence-corrected chi connectivity index (χ3v) is 7.66. The molecule has 232 valence electrons. The molecule has 1 aromatic heterocycles. The highest BCUT2D eigenvalue weighted by atomic mass is 19.4. The molecule has 2 amide bonds. The van der Waals surface area contributed by atoms with Crippen molar-refractivity contribution in [2.75, 3.05) is 33.1 Å². The summed E-state index contributed by atoms with van der Waals surface area (Å²) in [6.07, 6.45) is -2.03. The molecule has 0 saturated heterocycles. The molecule has 0 saturated carbocycles. The number of ether oxygens (including phenoxy) is 3. The second-order valence-corrected chi connectivity index (χ2v) is 10.4. The van der Waals surface area contributed by atoms with Crippen molar-refractivity contribution >= 4 is 11.7 Å². The molecular weight excluding hydrogens is 577 g/mol. The average molecular weight is 611 g/mol. The maximum atomic E-state index is 13.5. The highest BCUT2D eigenvalue weighted by Crippen LogP contribution is 2.43.